The summed E-state index contributed by atoms with van der Waals surface area (Å²) in [4.78, 5) is 29.4. The van der Waals surface area contributed by atoms with E-state index in [1.54, 1.807) is 6.07 Å². The molecule has 42 heavy (non-hydrogen) atoms. The van der Waals surface area contributed by atoms with Crippen LogP contribution in [0.1, 0.15) is 63.3 Å². The Bertz CT molecular complexity index is 1500. The van der Waals surface area contributed by atoms with Crippen molar-refractivity contribution in [1.29, 1.82) is 0 Å². The first-order valence-corrected chi connectivity index (χ1v) is 15.9. The third-order valence-electron chi connectivity index (χ3n) is 8.96. The number of nitrogens with zero attached hydrogens (tertiary/aromatic N) is 1. The molecule has 0 radical (unpaired) electrons. The molecule has 1 fully saturated rings. The second-order valence-corrected chi connectivity index (χ2v) is 13.0. The molecule has 3 N–H and O–H groups in total. The fraction of sp³-hybridized carbons (Fsp3) is 0.429. The fourth-order valence-corrected chi connectivity index (χ4v) is 7.64. The second kappa shape index (κ2) is 12.9. The summed E-state index contributed by atoms with van der Waals surface area (Å²) in [5.74, 6) is -1.81. The van der Waals surface area contributed by atoms with E-state index in [1.807, 2.05) is 47.8 Å². The number of imide groups is 1. The van der Waals surface area contributed by atoms with Gasteiger partial charge in [0.05, 0.1) is 31.1 Å². The van der Waals surface area contributed by atoms with Crippen molar-refractivity contribution in [3.63, 3.8) is 0 Å². The standard InChI is InChI=1S/C35H41NO5S/c1-4-8-22(17-23-13-15-30(38)26-11-6-5-10-25(23)26)12-14-31(39)32-27(21(2)3)18-28-33(29(32)20-37)35(41)36(34(28)40)19-24-9-7-16-42-24/h5-7,9-11,13,15-17,21,28-29,31,33,37-39H,4,8,12,14,18-20H2,1-3H3/b22-17+/t28-,29+,31-,33-/m1/s1. The minimum Gasteiger partial charge on any atom is -0.507 e. The number of rotatable bonds is 11. The summed E-state index contributed by atoms with van der Waals surface area (Å²) in [6.07, 6.45) is 4.72. The van der Waals surface area contributed by atoms with Crippen LogP contribution < -0.4 is 0 Å². The number of aliphatic hydroxyl groups is 2. The summed E-state index contributed by atoms with van der Waals surface area (Å²) < 4.78 is 0. The zero-order chi connectivity index (χ0) is 30.0. The predicted octanol–water partition coefficient (Wildman–Crippen LogP) is 6.70. The molecule has 1 aliphatic carbocycles. The zero-order valence-electron chi connectivity index (χ0n) is 24.6. The highest BCUT2D eigenvalue weighted by molar-refractivity contribution is 7.09. The molecule has 7 heteroatoms. The average Bonchev–Trinajstić information content (AvgIpc) is 3.59. The Morgan fingerprint density at radius 1 is 1.05 bits per heavy atom. The van der Waals surface area contributed by atoms with E-state index in [-0.39, 0.29) is 36.6 Å². The highest BCUT2D eigenvalue weighted by Crippen LogP contribution is 2.48. The van der Waals surface area contributed by atoms with Gasteiger partial charge in [0.15, 0.2) is 0 Å². The van der Waals surface area contributed by atoms with E-state index in [2.05, 4.69) is 26.8 Å². The third-order valence-corrected chi connectivity index (χ3v) is 9.82. The van der Waals surface area contributed by atoms with Crippen molar-refractivity contribution >= 4 is 40.0 Å². The molecule has 2 aromatic carbocycles. The highest BCUT2D eigenvalue weighted by atomic mass is 32.1. The van der Waals surface area contributed by atoms with Crippen LogP contribution in [-0.2, 0) is 16.1 Å². The van der Waals surface area contributed by atoms with Crippen LogP contribution in [0.3, 0.4) is 0 Å². The minimum atomic E-state index is -0.827. The summed E-state index contributed by atoms with van der Waals surface area (Å²) in [7, 11) is 0. The Balaban J connectivity index is 1.41. The van der Waals surface area contributed by atoms with Gasteiger partial charge < -0.3 is 15.3 Å². The van der Waals surface area contributed by atoms with Gasteiger partial charge >= 0.3 is 0 Å². The van der Waals surface area contributed by atoms with Crippen LogP contribution in [0.2, 0.25) is 0 Å². The molecule has 0 unspecified atom stereocenters. The molecule has 5 rings (SSSR count). The Morgan fingerprint density at radius 3 is 2.48 bits per heavy atom. The Labute approximate surface area is 252 Å². The number of fused-ring (bicyclic) bond motifs is 2. The summed E-state index contributed by atoms with van der Waals surface area (Å²) in [5.41, 5.74) is 3.96. The molecule has 4 atom stereocenters. The number of carbonyl (C=O) groups excluding carboxylic acids is 2. The lowest BCUT2D eigenvalue weighted by Crippen LogP contribution is -2.39. The van der Waals surface area contributed by atoms with Crippen LogP contribution in [0.5, 0.6) is 5.75 Å². The number of benzene rings is 2. The van der Waals surface area contributed by atoms with E-state index in [0.717, 1.165) is 45.2 Å². The molecular formula is C35H41NO5S. The Hall–Kier alpha value is -3.26. The summed E-state index contributed by atoms with van der Waals surface area (Å²) in [6.45, 7) is 6.21. The van der Waals surface area contributed by atoms with Crippen LogP contribution in [0, 0.1) is 23.7 Å². The van der Waals surface area contributed by atoms with Crippen molar-refractivity contribution in [2.24, 2.45) is 23.7 Å². The molecule has 2 heterocycles. The molecule has 0 spiro atoms. The van der Waals surface area contributed by atoms with Gasteiger partial charge in [0.1, 0.15) is 5.75 Å². The van der Waals surface area contributed by atoms with Gasteiger partial charge in [-0.25, -0.2) is 0 Å². The van der Waals surface area contributed by atoms with Crippen molar-refractivity contribution in [3.05, 3.63) is 81.1 Å². The van der Waals surface area contributed by atoms with Gasteiger partial charge in [0.2, 0.25) is 11.8 Å². The van der Waals surface area contributed by atoms with Crippen LogP contribution in [0.4, 0.5) is 0 Å². The molecule has 2 aliphatic rings. The number of aromatic hydroxyl groups is 1. The maximum Gasteiger partial charge on any atom is 0.234 e. The number of aliphatic hydroxyl groups excluding tert-OH is 2. The first kappa shape index (κ1) is 30.2. The molecule has 1 aliphatic heterocycles. The van der Waals surface area contributed by atoms with Gasteiger partial charge in [-0.3, -0.25) is 14.5 Å². The normalized spacial score (nSPS) is 22.0. The quantitative estimate of drug-likeness (QED) is 0.171. The van der Waals surface area contributed by atoms with Crippen molar-refractivity contribution < 1.29 is 24.9 Å². The van der Waals surface area contributed by atoms with Crippen molar-refractivity contribution in [2.75, 3.05) is 6.61 Å². The number of likely N-dealkylation sites (tertiary alicyclic amines) is 1. The van der Waals surface area contributed by atoms with E-state index >= 15 is 0 Å². The maximum absolute atomic E-state index is 13.6. The largest absolute Gasteiger partial charge is 0.507 e. The van der Waals surface area contributed by atoms with Gasteiger partial charge in [-0.1, -0.05) is 80.8 Å². The lowest BCUT2D eigenvalue weighted by atomic mass is 9.66. The number of phenolic OH excluding ortho intramolecular Hbond substituents is 1. The number of amides is 2. The number of hydrogen-bond donors (Lipinski definition) is 3. The van der Waals surface area contributed by atoms with Crippen molar-refractivity contribution in [3.8, 4) is 5.75 Å². The summed E-state index contributed by atoms with van der Waals surface area (Å²) >= 11 is 1.52. The van der Waals surface area contributed by atoms with E-state index < -0.39 is 23.9 Å². The molecule has 0 saturated carbocycles. The monoisotopic (exact) mass is 587 g/mol. The fourth-order valence-electron chi connectivity index (χ4n) is 6.94. The highest BCUT2D eigenvalue weighted by Gasteiger charge is 2.55. The van der Waals surface area contributed by atoms with Gasteiger partial charge in [-0.2, -0.15) is 0 Å². The molecule has 222 valence electrons. The topological polar surface area (TPSA) is 98.1 Å². The van der Waals surface area contributed by atoms with E-state index in [4.69, 9.17) is 0 Å². The molecule has 1 aromatic heterocycles. The lowest BCUT2D eigenvalue weighted by Gasteiger charge is -2.38. The summed E-state index contributed by atoms with van der Waals surface area (Å²) in [5, 5.41) is 36.4. The van der Waals surface area contributed by atoms with E-state index in [9.17, 15) is 24.9 Å². The van der Waals surface area contributed by atoms with Crippen LogP contribution in [0.25, 0.3) is 16.8 Å². The smallest absolute Gasteiger partial charge is 0.234 e. The first-order chi connectivity index (χ1) is 20.2. The average molecular weight is 588 g/mol. The zero-order valence-corrected chi connectivity index (χ0v) is 25.4. The molecule has 6 nitrogen and oxygen atoms in total. The number of hydrogen-bond acceptors (Lipinski definition) is 6. The molecule has 3 aromatic rings. The Morgan fingerprint density at radius 2 is 1.81 bits per heavy atom. The Kier molecular flexibility index (Phi) is 9.31. The number of thiophene rings is 1. The minimum absolute atomic E-state index is 0.0768. The molecule has 2 amide bonds. The van der Waals surface area contributed by atoms with Gasteiger partial charge in [0.25, 0.3) is 0 Å². The van der Waals surface area contributed by atoms with Crippen molar-refractivity contribution in [2.45, 2.75) is 65.5 Å². The molecule has 0 bridgehead atoms. The molecule has 1 saturated heterocycles. The van der Waals surface area contributed by atoms with Gasteiger partial charge in [-0.05, 0) is 65.6 Å². The second-order valence-electron chi connectivity index (χ2n) is 11.9. The van der Waals surface area contributed by atoms with E-state index in [0.29, 0.717) is 19.3 Å². The third kappa shape index (κ3) is 5.83. The van der Waals surface area contributed by atoms with Gasteiger partial charge in [-0.15, -0.1) is 11.3 Å². The number of carbonyl (C=O) groups is 2. The maximum atomic E-state index is 13.6. The van der Waals surface area contributed by atoms with Crippen molar-refractivity contribution in [1.82, 2.24) is 4.90 Å². The number of phenols is 1. The molecular weight excluding hydrogens is 546 g/mol. The summed E-state index contributed by atoms with van der Waals surface area (Å²) in [6, 6.07) is 15.3. The van der Waals surface area contributed by atoms with Crippen LogP contribution >= 0.6 is 11.3 Å². The van der Waals surface area contributed by atoms with Crippen LogP contribution in [-0.4, -0.2) is 44.7 Å². The SMILES string of the molecule is CCC/C(=C\c1ccc(O)c2ccccc12)CC[C@@H](O)C1=C(C(C)C)C[C@H]2C(=O)N(Cc3cccs3)C(=O)[C@H]2[C@H]1CO. The lowest BCUT2D eigenvalue weighted by molar-refractivity contribution is -0.140. The number of allylic oxidation sites excluding steroid dienone is 2. The van der Waals surface area contributed by atoms with Gasteiger partial charge in [0, 0.05) is 16.2 Å². The van der Waals surface area contributed by atoms with Crippen LogP contribution in [0.15, 0.2) is 70.6 Å². The first-order valence-electron chi connectivity index (χ1n) is 15.0. The predicted molar refractivity (Wildman–Crippen MR) is 168 cm³/mol. The van der Waals surface area contributed by atoms with E-state index in [1.165, 1.54) is 21.8 Å².